The zero-order valence-corrected chi connectivity index (χ0v) is 12.4. The van der Waals surface area contributed by atoms with Crippen LogP contribution in [0.1, 0.15) is 39.4 Å². The number of hydrogen-bond donors (Lipinski definition) is 1. The molecule has 1 aromatic rings. The van der Waals surface area contributed by atoms with Gasteiger partial charge in [-0.3, -0.25) is 4.90 Å². The van der Waals surface area contributed by atoms with Crippen LogP contribution < -0.4 is 5.32 Å². The highest BCUT2D eigenvalue weighted by Gasteiger charge is 2.24. The number of hydrogen-bond acceptors (Lipinski definition) is 5. The third kappa shape index (κ3) is 3.67. The molecule has 5 nitrogen and oxygen atoms in total. The van der Waals surface area contributed by atoms with Gasteiger partial charge in [0.1, 0.15) is 0 Å². The molecule has 0 bridgehead atoms. The molecule has 18 heavy (non-hydrogen) atoms. The predicted octanol–water partition coefficient (Wildman–Crippen LogP) is 1.58. The fourth-order valence-corrected chi connectivity index (χ4v) is 1.92. The first kappa shape index (κ1) is 15.4. The lowest BCUT2D eigenvalue weighted by molar-refractivity contribution is 0.160. The molecule has 104 valence electrons. The molecule has 0 amide bonds. The lowest BCUT2D eigenvalue weighted by Gasteiger charge is -2.32. The average molecular weight is 275 g/mol. The number of nitrogens with zero attached hydrogens (tertiary/aromatic N) is 3. The van der Waals surface area contributed by atoms with Crippen LogP contribution in [0.15, 0.2) is 4.52 Å². The van der Waals surface area contributed by atoms with Gasteiger partial charge in [0.05, 0.1) is 6.54 Å². The minimum Gasteiger partial charge on any atom is -0.339 e. The van der Waals surface area contributed by atoms with Crippen molar-refractivity contribution in [3.8, 4) is 0 Å². The Morgan fingerprint density at radius 3 is 2.72 bits per heavy atom. The maximum Gasteiger partial charge on any atom is 0.232 e. The minimum atomic E-state index is -0.0691. The Balaban J connectivity index is 0.00000162. The van der Waals surface area contributed by atoms with E-state index in [9.17, 15) is 0 Å². The molecule has 2 heterocycles. The molecule has 6 heteroatoms. The molecule has 2 rings (SSSR count). The van der Waals surface area contributed by atoms with Crippen LogP contribution in [-0.2, 0) is 12.0 Å². The Morgan fingerprint density at radius 1 is 1.44 bits per heavy atom. The average Bonchev–Trinajstić information content (AvgIpc) is 2.69. The minimum absolute atomic E-state index is 0. The lowest BCUT2D eigenvalue weighted by atomic mass is 9.97. The van der Waals surface area contributed by atoms with Gasteiger partial charge in [-0.2, -0.15) is 4.98 Å². The van der Waals surface area contributed by atoms with Crippen molar-refractivity contribution < 1.29 is 4.52 Å². The number of rotatable bonds is 2. The maximum absolute atomic E-state index is 5.30. The number of nitrogens with one attached hydrogen (secondary N) is 1. The number of piperazine rings is 1. The lowest BCUT2D eigenvalue weighted by Crippen LogP contribution is -2.49. The Kier molecular flexibility index (Phi) is 5.13. The Bertz CT molecular complexity index is 374. The normalized spacial score (nSPS) is 21.7. The number of aromatic nitrogens is 2. The van der Waals surface area contributed by atoms with Gasteiger partial charge in [-0.25, -0.2) is 0 Å². The molecule has 0 unspecified atom stereocenters. The van der Waals surface area contributed by atoms with Crippen LogP contribution in [0.2, 0.25) is 0 Å². The van der Waals surface area contributed by atoms with Crippen molar-refractivity contribution in [1.82, 2.24) is 20.4 Å². The summed E-state index contributed by atoms with van der Waals surface area (Å²) in [5.74, 6) is 1.51. The van der Waals surface area contributed by atoms with E-state index in [1.807, 2.05) is 0 Å². The summed E-state index contributed by atoms with van der Waals surface area (Å²) < 4.78 is 5.30. The highest BCUT2D eigenvalue weighted by atomic mass is 35.5. The molecular formula is C12H23ClN4O. The molecule has 0 radical (unpaired) electrons. The van der Waals surface area contributed by atoms with Gasteiger partial charge in [0.15, 0.2) is 5.82 Å². The van der Waals surface area contributed by atoms with Crippen LogP contribution in [-0.4, -0.2) is 40.7 Å². The summed E-state index contributed by atoms with van der Waals surface area (Å²) in [4.78, 5) is 6.85. The SMILES string of the molecule is C[C@@H]1CNCCN1Cc1noc(C(C)(C)C)n1.Cl. The van der Waals surface area contributed by atoms with Crippen molar-refractivity contribution in [3.05, 3.63) is 11.7 Å². The first-order chi connectivity index (χ1) is 7.97. The Morgan fingerprint density at radius 2 is 2.17 bits per heavy atom. The second kappa shape index (κ2) is 5.99. The zero-order chi connectivity index (χ0) is 12.5. The summed E-state index contributed by atoms with van der Waals surface area (Å²) in [6, 6.07) is 0.528. The molecule has 1 saturated heterocycles. The van der Waals surface area contributed by atoms with Crippen LogP contribution in [0.5, 0.6) is 0 Å². The van der Waals surface area contributed by atoms with Crippen molar-refractivity contribution in [2.75, 3.05) is 19.6 Å². The van der Waals surface area contributed by atoms with E-state index in [-0.39, 0.29) is 17.8 Å². The number of halogens is 1. The monoisotopic (exact) mass is 274 g/mol. The molecular weight excluding hydrogens is 252 g/mol. The van der Waals surface area contributed by atoms with Gasteiger partial charge >= 0.3 is 0 Å². The van der Waals surface area contributed by atoms with E-state index in [0.29, 0.717) is 6.04 Å². The zero-order valence-electron chi connectivity index (χ0n) is 11.6. The summed E-state index contributed by atoms with van der Waals surface area (Å²) in [7, 11) is 0. The fraction of sp³-hybridized carbons (Fsp3) is 0.833. The van der Waals surface area contributed by atoms with Crippen LogP contribution in [0.3, 0.4) is 0 Å². The van der Waals surface area contributed by atoms with Gasteiger partial charge in [0.25, 0.3) is 0 Å². The van der Waals surface area contributed by atoms with E-state index >= 15 is 0 Å². The van der Waals surface area contributed by atoms with Gasteiger partial charge in [0, 0.05) is 31.1 Å². The van der Waals surface area contributed by atoms with E-state index in [1.165, 1.54) is 0 Å². The molecule has 0 aromatic carbocycles. The van der Waals surface area contributed by atoms with Crippen molar-refractivity contribution in [3.63, 3.8) is 0 Å². The second-order valence-corrected chi connectivity index (χ2v) is 5.79. The molecule has 1 atom stereocenters. The van der Waals surface area contributed by atoms with Crippen molar-refractivity contribution in [1.29, 1.82) is 0 Å². The van der Waals surface area contributed by atoms with Crippen LogP contribution in [0.25, 0.3) is 0 Å². The smallest absolute Gasteiger partial charge is 0.232 e. The molecule has 1 fully saturated rings. The molecule has 1 N–H and O–H groups in total. The largest absolute Gasteiger partial charge is 0.339 e. The van der Waals surface area contributed by atoms with Gasteiger partial charge < -0.3 is 9.84 Å². The second-order valence-electron chi connectivity index (χ2n) is 5.79. The summed E-state index contributed by atoms with van der Waals surface area (Å²) >= 11 is 0. The third-order valence-corrected chi connectivity index (χ3v) is 3.09. The Labute approximate surface area is 115 Å². The van der Waals surface area contributed by atoms with Gasteiger partial charge in [-0.15, -0.1) is 12.4 Å². The van der Waals surface area contributed by atoms with Crippen molar-refractivity contribution >= 4 is 12.4 Å². The van der Waals surface area contributed by atoms with E-state index in [1.54, 1.807) is 0 Å². The van der Waals surface area contributed by atoms with Gasteiger partial charge in [0.2, 0.25) is 5.89 Å². The van der Waals surface area contributed by atoms with Crippen LogP contribution in [0, 0.1) is 0 Å². The molecule has 1 aliphatic rings. The van der Waals surface area contributed by atoms with E-state index in [4.69, 9.17) is 4.52 Å². The van der Waals surface area contributed by atoms with E-state index < -0.39 is 0 Å². The standard InChI is InChI=1S/C12H22N4O.ClH/c1-9-7-13-5-6-16(9)8-10-14-11(17-15-10)12(2,3)4;/h9,13H,5-8H2,1-4H3;1H/t9-;/m1./s1. The quantitative estimate of drug-likeness (QED) is 0.887. The fourth-order valence-electron chi connectivity index (χ4n) is 1.92. The first-order valence-electron chi connectivity index (χ1n) is 6.24. The molecule has 0 aliphatic carbocycles. The van der Waals surface area contributed by atoms with Crippen LogP contribution in [0.4, 0.5) is 0 Å². The molecule has 1 aromatic heterocycles. The summed E-state index contributed by atoms with van der Waals surface area (Å²) in [5.41, 5.74) is -0.0691. The first-order valence-corrected chi connectivity index (χ1v) is 6.24. The molecule has 1 aliphatic heterocycles. The summed E-state index contributed by atoms with van der Waals surface area (Å²) in [6.45, 7) is 12.4. The third-order valence-electron chi connectivity index (χ3n) is 3.09. The summed E-state index contributed by atoms with van der Waals surface area (Å²) in [6.07, 6.45) is 0. The molecule has 0 saturated carbocycles. The summed E-state index contributed by atoms with van der Waals surface area (Å²) in [5, 5.41) is 7.44. The highest BCUT2D eigenvalue weighted by Crippen LogP contribution is 2.20. The van der Waals surface area contributed by atoms with Crippen LogP contribution >= 0.6 is 12.4 Å². The van der Waals surface area contributed by atoms with E-state index in [2.05, 4.69) is 48.1 Å². The molecule has 0 spiro atoms. The maximum atomic E-state index is 5.30. The van der Waals surface area contributed by atoms with Crippen molar-refractivity contribution in [2.24, 2.45) is 0 Å². The van der Waals surface area contributed by atoms with Gasteiger partial charge in [-0.05, 0) is 6.92 Å². The topological polar surface area (TPSA) is 54.2 Å². The van der Waals surface area contributed by atoms with Crippen molar-refractivity contribution in [2.45, 2.75) is 45.7 Å². The highest BCUT2D eigenvalue weighted by molar-refractivity contribution is 5.85. The van der Waals surface area contributed by atoms with E-state index in [0.717, 1.165) is 37.9 Å². The van der Waals surface area contributed by atoms with Gasteiger partial charge in [-0.1, -0.05) is 25.9 Å². The Hall–Kier alpha value is -0.650. The predicted molar refractivity (Wildman–Crippen MR) is 73.0 cm³/mol.